The highest BCUT2D eigenvalue weighted by atomic mass is 32.1. The molecule has 1 saturated heterocycles. The van der Waals surface area contributed by atoms with Crippen molar-refractivity contribution in [3.05, 3.63) is 46.4 Å². The minimum absolute atomic E-state index is 0.0878. The van der Waals surface area contributed by atoms with Gasteiger partial charge in [0.2, 0.25) is 11.8 Å². The molecule has 26 heavy (non-hydrogen) atoms. The molecule has 1 aliphatic heterocycles. The lowest BCUT2D eigenvalue weighted by Crippen LogP contribution is -2.53. The molecule has 6 heteroatoms. The number of hydrogen-bond acceptors (Lipinski definition) is 4. The minimum atomic E-state index is -0.185. The summed E-state index contributed by atoms with van der Waals surface area (Å²) in [6, 6.07) is 4.32. The molecule has 1 aliphatic rings. The standard InChI is InChI=1S/C20H23N3O2S/c1-6-17(24)23-9-15(10-23)19(25)22-20-21-18(14(5)26-20)16-8-12(3)11(2)7-13(16)4/h6-8,15H,1,9-10H2,2-5H3,(H,21,22,25). The maximum absolute atomic E-state index is 12.4. The van der Waals surface area contributed by atoms with Gasteiger partial charge in [0, 0.05) is 23.5 Å². The van der Waals surface area contributed by atoms with Gasteiger partial charge in [-0.05, 0) is 56.5 Å². The third-order valence-corrected chi connectivity index (χ3v) is 5.75. The van der Waals surface area contributed by atoms with Gasteiger partial charge in [-0.25, -0.2) is 4.98 Å². The third-order valence-electron chi connectivity index (χ3n) is 4.86. The Morgan fingerprint density at radius 1 is 1.19 bits per heavy atom. The van der Waals surface area contributed by atoms with Gasteiger partial charge in [-0.1, -0.05) is 12.6 Å². The lowest BCUT2D eigenvalue weighted by atomic mass is 9.98. The second-order valence-electron chi connectivity index (χ2n) is 6.81. The summed E-state index contributed by atoms with van der Waals surface area (Å²) in [5.74, 6) is -0.406. The molecule has 1 N–H and O–H groups in total. The van der Waals surface area contributed by atoms with Gasteiger partial charge in [0.1, 0.15) is 0 Å². The number of carbonyl (C=O) groups is 2. The Hall–Kier alpha value is -2.47. The first kappa shape index (κ1) is 18.3. The van der Waals surface area contributed by atoms with Crippen LogP contribution in [0.2, 0.25) is 0 Å². The van der Waals surface area contributed by atoms with Gasteiger partial charge >= 0.3 is 0 Å². The van der Waals surface area contributed by atoms with Crippen LogP contribution in [0, 0.1) is 33.6 Å². The van der Waals surface area contributed by atoms with Crippen molar-refractivity contribution >= 4 is 28.3 Å². The van der Waals surface area contributed by atoms with E-state index >= 15 is 0 Å². The SMILES string of the molecule is C=CC(=O)N1CC(C(=O)Nc2nc(-c3cc(C)c(C)cc3C)c(C)s2)C1. The van der Waals surface area contributed by atoms with E-state index in [1.165, 1.54) is 34.1 Å². The fraction of sp³-hybridized carbons (Fsp3) is 0.350. The molecule has 2 amide bonds. The second-order valence-corrected chi connectivity index (χ2v) is 8.01. The van der Waals surface area contributed by atoms with Crippen LogP contribution in [0.15, 0.2) is 24.8 Å². The summed E-state index contributed by atoms with van der Waals surface area (Å²) in [6.45, 7) is 12.6. The molecule has 1 aromatic carbocycles. The number of thiazole rings is 1. The molecule has 0 aliphatic carbocycles. The Bertz CT molecular complexity index is 895. The number of nitrogens with one attached hydrogen (secondary N) is 1. The molecule has 0 saturated carbocycles. The van der Waals surface area contributed by atoms with Crippen LogP contribution < -0.4 is 5.32 Å². The number of rotatable bonds is 4. The van der Waals surface area contributed by atoms with Crippen molar-refractivity contribution in [2.75, 3.05) is 18.4 Å². The summed E-state index contributed by atoms with van der Waals surface area (Å²) >= 11 is 1.48. The fourth-order valence-corrected chi connectivity index (χ4v) is 3.91. The van der Waals surface area contributed by atoms with Gasteiger partial charge < -0.3 is 10.2 Å². The van der Waals surface area contributed by atoms with Gasteiger partial charge in [-0.2, -0.15) is 0 Å². The molecular weight excluding hydrogens is 346 g/mol. The largest absolute Gasteiger partial charge is 0.337 e. The van der Waals surface area contributed by atoms with E-state index in [9.17, 15) is 9.59 Å². The summed E-state index contributed by atoms with van der Waals surface area (Å²) in [5, 5.41) is 3.51. The van der Waals surface area contributed by atoms with Crippen LogP contribution in [0.3, 0.4) is 0 Å². The smallest absolute Gasteiger partial charge is 0.246 e. The van der Waals surface area contributed by atoms with Crippen LogP contribution in [-0.2, 0) is 9.59 Å². The third kappa shape index (κ3) is 3.42. The summed E-state index contributed by atoms with van der Waals surface area (Å²) in [6.07, 6.45) is 1.27. The molecule has 136 valence electrons. The Kier molecular flexibility index (Phi) is 4.96. The molecule has 0 spiro atoms. The molecule has 3 rings (SSSR count). The minimum Gasteiger partial charge on any atom is -0.337 e. The van der Waals surface area contributed by atoms with Crippen LogP contribution in [0.5, 0.6) is 0 Å². The first-order valence-electron chi connectivity index (χ1n) is 8.58. The first-order chi connectivity index (χ1) is 12.3. The lowest BCUT2D eigenvalue weighted by Gasteiger charge is -2.37. The summed E-state index contributed by atoms with van der Waals surface area (Å²) in [4.78, 5) is 31.2. The molecule has 2 heterocycles. The van der Waals surface area contributed by atoms with Crippen molar-refractivity contribution in [1.82, 2.24) is 9.88 Å². The van der Waals surface area contributed by atoms with Gasteiger partial charge in [0.25, 0.3) is 0 Å². The number of nitrogens with zero attached hydrogens (tertiary/aromatic N) is 2. The Labute approximate surface area is 157 Å². The summed E-state index contributed by atoms with van der Waals surface area (Å²) < 4.78 is 0. The molecule has 1 fully saturated rings. The van der Waals surface area contributed by atoms with E-state index in [-0.39, 0.29) is 17.7 Å². The number of amides is 2. The predicted molar refractivity (Wildman–Crippen MR) is 105 cm³/mol. The number of aryl methyl sites for hydroxylation is 4. The van der Waals surface area contributed by atoms with Gasteiger partial charge in [0.15, 0.2) is 5.13 Å². The predicted octanol–water partition coefficient (Wildman–Crippen LogP) is 3.63. The van der Waals surface area contributed by atoms with Crippen molar-refractivity contribution in [2.45, 2.75) is 27.7 Å². The van der Waals surface area contributed by atoms with Crippen molar-refractivity contribution < 1.29 is 9.59 Å². The molecule has 0 bridgehead atoms. The number of benzene rings is 1. The highest BCUT2D eigenvalue weighted by molar-refractivity contribution is 7.16. The van der Waals surface area contributed by atoms with Gasteiger partial charge in [-0.15, -0.1) is 11.3 Å². The van der Waals surface area contributed by atoms with Gasteiger partial charge in [0.05, 0.1) is 11.6 Å². The molecular formula is C20H23N3O2S. The summed E-state index contributed by atoms with van der Waals surface area (Å²) in [5.41, 5.74) is 5.69. The zero-order valence-corrected chi connectivity index (χ0v) is 16.4. The van der Waals surface area contributed by atoms with Gasteiger partial charge in [-0.3, -0.25) is 9.59 Å². The Balaban J connectivity index is 1.73. The Morgan fingerprint density at radius 2 is 1.85 bits per heavy atom. The van der Waals surface area contributed by atoms with E-state index in [0.717, 1.165) is 16.1 Å². The number of hydrogen-bond donors (Lipinski definition) is 1. The molecule has 1 aromatic heterocycles. The fourth-order valence-electron chi connectivity index (χ4n) is 3.08. The van der Waals surface area contributed by atoms with Crippen LogP contribution in [-0.4, -0.2) is 34.8 Å². The second kappa shape index (κ2) is 7.03. The number of likely N-dealkylation sites (tertiary alicyclic amines) is 1. The van der Waals surface area contributed by atoms with Crippen LogP contribution >= 0.6 is 11.3 Å². The van der Waals surface area contributed by atoms with E-state index in [1.807, 2.05) is 6.92 Å². The first-order valence-corrected chi connectivity index (χ1v) is 9.39. The van der Waals surface area contributed by atoms with Crippen molar-refractivity contribution in [1.29, 1.82) is 0 Å². The average molecular weight is 369 g/mol. The van der Waals surface area contributed by atoms with Crippen LogP contribution in [0.1, 0.15) is 21.6 Å². The topological polar surface area (TPSA) is 62.3 Å². The van der Waals surface area contributed by atoms with E-state index in [4.69, 9.17) is 0 Å². The monoisotopic (exact) mass is 369 g/mol. The van der Waals surface area contributed by atoms with E-state index in [2.05, 4.69) is 49.8 Å². The molecule has 5 nitrogen and oxygen atoms in total. The summed E-state index contributed by atoms with van der Waals surface area (Å²) in [7, 11) is 0. The van der Waals surface area contributed by atoms with Crippen molar-refractivity contribution in [2.24, 2.45) is 5.92 Å². The maximum atomic E-state index is 12.4. The van der Waals surface area contributed by atoms with Crippen molar-refractivity contribution in [3.8, 4) is 11.3 Å². The van der Waals surface area contributed by atoms with E-state index in [0.29, 0.717) is 18.2 Å². The average Bonchev–Trinajstić information content (AvgIpc) is 2.89. The molecule has 0 atom stereocenters. The lowest BCUT2D eigenvalue weighted by molar-refractivity contribution is -0.137. The highest BCUT2D eigenvalue weighted by Crippen LogP contribution is 2.34. The molecule has 0 radical (unpaired) electrons. The normalized spacial score (nSPS) is 14.1. The number of aromatic nitrogens is 1. The van der Waals surface area contributed by atoms with Crippen LogP contribution in [0.4, 0.5) is 5.13 Å². The van der Waals surface area contributed by atoms with E-state index < -0.39 is 0 Å². The Morgan fingerprint density at radius 3 is 2.50 bits per heavy atom. The highest BCUT2D eigenvalue weighted by Gasteiger charge is 2.35. The quantitative estimate of drug-likeness (QED) is 0.837. The van der Waals surface area contributed by atoms with Crippen LogP contribution in [0.25, 0.3) is 11.3 Å². The van der Waals surface area contributed by atoms with Crippen molar-refractivity contribution in [3.63, 3.8) is 0 Å². The molecule has 2 aromatic rings. The molecule has 0 unspecified atom stereocenters. The maximum Gasteiger partial charge on any atom is 0.246 e. The number of carbonyl (C=O) groups excluding carboxylic acids is 2. The number of anilines is 1. The zero-order chi connectivity index (χ0) is 19.0. The zero-order valence-electron chi connectivity index (χ0n) is 15.5. The van der Waals surface area contributed by atoms with E-state index in [1.54, 1.807) is 4.90 Å².